The minimum absolute atomic E-state index is 0.275. The molecule has 0 atom stereocenters. The predicted octanol–water partition coefficient (Wildman–Crippen LogP) is 2.49. The Balaban J connectivity index is 3.32. The molecule has 19 heavy (non-hydrogen) atoms. The minimum atomic E-state index is -3.49. The summed E-state index contributed by atoms with van der Waals surface area (Å²) in [6.07, 6.45) is 0. The summed E-state index contributed by atoms with van der Waals surface area (Å²) < 4.78 is 27.1. The smallest absolute Gasteiger partial charge is 0.243 e. The van der Waals surface area contributed by atoms with Crippen molar-refractivity contribution in [2.75, 3.05) is 13.6 Å². The molecule has 0 amide bonds. The molecule has 2 N–H and O–H groups in total. The van der Waals surface area contributed by atoms with Gasteiger partial charge >= 0.3 is 0 Å². The lowest BCUT2D eigenvalue weighted by Gasteiger charge is -2.21. The SMILES string of the molecule is Cc1cc(CN)cc(S(=O)(=O)N(C)CC(C)C)c1Br. The first kappa shape index (κ1) is 16.6. The predicted molar refractivity (Wildman–Crippen MR) is 81.4 cm³/mol. The number of benzene rings is 1. The van der Waals surface area contributed by atoms with Crippen LogP contribution >= 0.6 is 15.9 Å². The summed E-state index contributed by atoms with van der Waals surface area (Å²) >= 11 is 3.37. The highest BCUT2D eigenvalue weighted by atomic mass is 79.9. The van der Waals surface area contributed by atoms with E-state index < -0.39 is 10.0 Å². The zero-order chi connectivity index (χ0) is 14.8. The van der Waals surface area contributed by atoms with Gasteiger partial charge < -0.3 is 5.73 Å². The van der Waals surface area contributed by atoms with Gasteiger partial charge in [-0.05, 0) is 46.0 Å². The average molecular weight is 349 g/mol. The van der Waals surface area contributed by atoms with Gasteiger partial charge in [0.2, 0.25) is 10.0 Å². The van der Waals surface area contributed by atoms with Crippen molar-refractivity contribution in [1.29, 1.82) is 0 Å². The standard InChI is InChI=1S/C13H21BrN2O2S/c1-9(2)8-16(4)19(17,18)12-6-11(7-15)5-10(3)13(12)14/h5-6,9H,7-8,15H2,1-4H3. The lowest BCUT2D eigenvalue weighted by Crippen LogP contribution is -2.30. The van der Waals surface area contributed by atoms with Crippen LogP contribution in [0.3, 0.4) is 0 Å². The van der Waals surface area contributed by atoms with Crippen molar-refractivity contribution in [3.8, 4) is 0 Å². The molecule has 0 unspecified atom stereocenters. The van der Waals surface area contributed by atoms with Crippen LogP contribution in [-0.2, 0) is 16.6 Å². The number of nitrogens with zero attached hydrogens (tertiary/aromatic N) is 1. The van der Waals surface area contributed by atoms with Crippen LogP contribution in [-0.4, -0.2) is 26.3 Å². The Bertz CT molecular complexity index is 556. The van der Waals surface area contributed by atoms with Crippen molar-refractivity contribution in [1.82, 2.24) is 4.31 Å². The largest absolute Gasteiger partial charge is 0.326 e. The molecular formula is C13H21BrN2O2S. The van der Waals surface area contributed by atoms with E-state index in [2.05, 4.69) is 15.9 Å². The zero-order valence-corrected chi connectivity index (χ0v) is 14.2. The Labute approximate surface area is 124 Å². The van der Waals surface area contributed by atoms with Gasteiger partial charge in [0.25, 0.3) is 0 Å². The third-order valence-corrected chi connectivity index (χ3v) is 5.99. The summed E-state index contributed by atoms with van der Waals surface area (Å²) in [6, 6.07) is 3.54. The molecule has 0 aliphatic carbocycles. The maximum absolute atomic E-state index is 12.6. The highest BCUT2D eigenvalue weighted by molar-refractivity contribution is 9.10. The number of nitrogens with two attached hydrogens (primary N) is 1. The van der Waals surface area contributed by atoms with Gasteiger partial charge in [0.05, 0.1) is 4.90 Å². The van der Waals surface area contributed by atoms with Gasteiger partial charge in [0.15, 0.2) is 0 Å². The second kappa shape index (κ2) is 6.35. The van der Waals surface area contributed by atoms with Crippen LogP contribution in [0.4, 0.5) is 0 Å². The molecule has 0 bridgehead atoms. The fourth-order valence-electron chi connectivity index (χ4n) is 1.89. The van der Waals surface area contributed by atoms with Crippen molar-refractivity contribution in [2.45, 2.75) is 32.2 Å². The monoisotopic (exact) mass is 348 g/mol. The van der Waals surface area contributed by atoms with Crippen LogP contribution in [0, 0.1) is 12.8 Å². The van der Waals surface area contributed by atoms with E-state index in [1.165, 1.54) is 4.31 Å². The van der Waals surface area contributed by atoms with Crippen molar-refractivity contribution in [2.24, 2.45) is 11.7 Å². The Morgan fingerprint density at radius 2 is 1.95 bits per heavy atom. The van der Waals surface area contributed by atoms with Crippen LogP contribution in [0.15, 0.2) is 21.5 Å². The molecule has 0 radical (unpaired) electrons. The van der Waals surface area contributed by atoms with Gasteiger partial charge in [0, 0.05) is 24.6 Å². The summed E-state index contributed by atoms with van der Waals surface area (Å²) in [7, 11) is -1.89. The molecule has 1 aromatic rings. The third-order valence-electron chi connectivity index (χ3n) is 2.83. The topological polar surface area (TPSA) is 63.4 Å². The second-order valence-electron chi connectivity index (χ2n) is 5.11. The summed E-state index contributed by atoms with van der Waals surface area (Å²) in [5.74, 6) is 0.275. The maximum atomic E-state index is 12.6. The molecule has 0 saturated carbocycles. The quantitative estimate of drug-likeness (QED) is 0.888. The Hall–Kier alpha value is -0.430. The Kier molecular flexibility index (Phi) is 5.55. The number of halogens is 1. The lowest BCUT2D eigenvalue weighted by molar-refractivity contribution is 0.417. The summed E-state index contributed by atoms with van der Waals surface area (Å²) in [5.41, 5.74) is 7.31. The van der Waals surface area contributed by atoms with E-state index in [-0.39, 0.29) is 10.8 Å². The van der Waals surface area contributed by atoms with Gasteiger partial charge in [-0.15, -0.1) is 0 Å². The van der Waals surface area contributed by atoms with E-state index in [0.29, 0.717) is 17.6 Å². The van der Waals surface area contributed by atoms with Gasteiger partial charge in [-0.1, -0.05) is 19.9 Å². The first-order chi connectivity index (χ1) is 8.70. The fourth-order valence-corrected chi connectivity index (χ4v) is 4.26. The van der Waals surface area contributed by atoms with Crippen molar-refractivity contribution in [3.63, 3.8) is 0 Å². The molecule has 0 fully saturated rings. The average Bonchev–Trinajstić information content (AvgIpc) is 2.31. The number of hydrogen-bond donors (Lipinski definition) is 1. The van der Waals surface area contributed by atoms with Crippen LogP contribution in [0.25, 0.3) is 0 Å². The van der Waals surface area contributed by atoms with Crippen molar-refractivity contribution >= 4 is 26.0 Å². The molecule has 108 valence electrons. The first-order valence-corrected chi connectivity index (χ1v) is 8.38. The van der Waals surface area contributed by atoms with E-state index in [9.17, 15) is 8.42 Å². The second-order valence-corrected chi connectivity index (χ2v) is 7.91. The van der Waals surface area contributed by atoms with E-state index in [1.807, 2.05) is 26.8 Å². The molecule has 1 aromatic carbocycles. The number of aryl methyl sites for hydroxylation is 1. The fraction of sp³-hybridized carbons (Fsp3) is 0.538. The van der Waals surface area contributed by atoms with Crippen LogP contribution in [0.5, 0.6) is 0 Å². The Morgan fingerprint density at radius 3 is 2.42 bits per heavy atom. The minimum Gasteiger partial charge on any atom is -0.326 e. The molecular weight excluding hydrogens is 328 g/mol. The number of hydrogen-bond acceptors (Lipinski definition) is 3. The molecule has 1 rings (SSSR count). The number of sulfonamides is 1. The van der Waals surface area contributed by atoms with Crippen molar-refractivity contribution < 1.29 is 8.42 Å². The van der Waals surface area contributed by atoms with Gasteiger partial charge in [-0.2, -0.15) is 0 Å². The summed E-state index contributed by atoms with van der Waals surface area (Å²) in [6.45, 7) is 6.65. The van der Waals surface area contributed by atoms with E-state index in [4.69, 9.17) is 5.73 Å². The molecule has 0 aliphatic rings. The highest BCUT2D eigenvalue weighted by Gasteiger charge is 2.25. The summed E-state index contributed by atoms with van der Waals surface area (Å²) in [4.78, 5) is 0.288. The molecule has 0 spiro atoms. The van der Waals surface area contributed by atoms with Gasteiger partial charge in [0.1, 0.15) is 0 Å². The molecule has 0 heterocycles. The van der Waals surface area contributed by atoms with Gasteiger partial charge in [-0.25, -0.2) is 12.7 Å². The molecule has 6 heteroatoms. The van der Waals surface area contributed by atoms with E-state index in [0.717, 1.165) is 11.1 Å². The Morgan fingerprint density at radius 1 is 1.37 bits per heavy atom. The first-order valence-electron chi connectivity index (χ1n) is 6.15. The third kappa shape index (κ3) is 3.78. The zero-order valence-electron chi connectivity index (χ0n) is 11.8. The van der Waals surface area contributed by atoms with Crippen LogP contribution in [0.2, 0.25) is 0 Å². The highest BCUT2D eigenvalue weighted by Crippen LogP contribution is 2.29. The molecule has 4 nitrogen and oxygen atoms in total. The van der Waals surface area contributed by atoms with Crippen molar-refractivity contribution in [3.05, 3.63) is 27.7 Å². The normalized spacial score (nSPS) is 12.4. The molecule has 0 saturated heterocycles. The van der Waals surface area contributed by atoms with Crippen LogP contribution < -0.4 is 5.73 Å². The summed E-state index contributed by atoms with van der Waals surface area (Å²) in [5, 5.41) is 0. The van der Waals surface area contributed by atoms with E-state index >= 15 is 0 Å². The molecule has 0 aliphatic heterocycles. The maximum Gasteiger partial charge on any atom is 0.243 e. The lowest BCUT2D eigenvalue weighted by atomic mass is 10.1. The van der Waals surface area contributed by atoms with E-state index in [1.54, 1.807) is 13.1 Å². The van der Waals surface area contributed by atoms with Gasteiger partial charge in [-0.3, -0.25) is 0 Å². The number of rotatable bonds is 5. The van der Waals surface area contributed by atoms with Crippen LogP contribution in [0.1, 0.15) is 25.0 Å². The molecule has 0 aromatic heterocycles.